The summed E-state index contributed by atoms with van der Waals surface area (Å²) in [4.78, 5) is 0. The number of nitrogens with two attached hydrogens (primary N) is 1. The van der Waals surface area contributed by atoms with Gasteiger partial charge in [-0.05, 0) is 48.6 Å². The smallest absolute Gasteiger partial charge is 0.122 e. The van der Waals surface area contributed by atoms with Crippen LogP contribution in [0.3, 0.4) is 0 Å². The van der Waals surface area contributed by atoms with Crippen LogP contribution in [0, 0.1) is 13.8 Å². The normalized spacial score (nSPS) is 13.8. The van der Waals surface area contributed by atoms with Crippen LogP contribution in [0.1, 0.15) is 47.6 Å². The van der Waals surface area contributed by atoms with E-state index in [-0.39, 0.29) is 6.04 Å². The molecular weight excluding hydrogens is 258 g/mol. The van der Waals surface area contributed by atoms with Crippen LogP contribution in [0.4, 0.5) is 0 Å². The minimum atomic E-state index is 0.00186. The fraction of sp³-hybridized carbons (Fsp3) is 0.368. The predicted octanol–water partition coefficient (Wildman–Crippen LogP) is 4.51. The van der Waals surface area contributed by atoms with Crippen molar-refractivity contribution in [2.45, 2.75) is 39.2 Å². The van der Waals surface area contributed by atoms with Crippen LogP contribution >= 0.6 is 0 Å². The average Bonchev–Trinajstić information content (AvgIpc) is 2.50. The summed E-state index contributed by atoms with van der Waals surface area (Å²) in [6.07, 6.45) is 1.02. The first-order chi connectivity index (χ1) is 10.1. The molecule has 0 bridgehead atoms. The third-order valence-corrected chi connectivity index (χ3v) is 4.24. The molecule has 112 valence electrons. The van der Waals surface area contributed by atoms with Gasteiger partial charge in [0, 0.05) is 12.0 Å². The zero-order valence-electron chi connectivity index (χ0n) is 13.4. The Hall–Kier alpha value is -1.80. The first kappa shape index (κ1) is 15.6. The van der Waals surface area contributed by atoms with Gasteiger partial charge in [0.15, 0.2) is 0 Å². The van der Waals surface area contributed by atoms with Crippen molar-refractivity contribution in [1.29, 1.82) is 0 Å². The standard InChI is InChI=1S/C19H25NO/c1-5-16(15-9-7-6-8-10-15)19(20)17-11-14(3)18(21-4)12-13(17)2/h6-12,16,19H,5,20H2,1-4H3. The highest BCUT2D eigenvalue weighted by molar-refractivity contribution is 5.44. The third kappa shape index (κ3) is 3.27. The van der Waals surface area contributed by atoms with E-state index < -0.39 is 0 Å². The molecule has 2 heteroatoms. The lowest BCUT2D eigenvalue weighted by atomic mass is 9.83. The summed E-state index contributed by atoms with van der Waals surface area (Å²) in [5.41, 5.74) is 11.4. The summed E-state index contributed by atoms with van der Waals surface area (Å²) in [6.45, 7) is 6.37. The molecular formula is C19H25NO. The topological polar surface area (TPSA) is 35.2 Å². The van der Waals surface area contributed by atoms with Gasteiger partial charge in [-0.3, -0.25) is 0 Å². The predicted molar refractivity (Wildman–Crippen MR) is 88.9 cm³/mol. The van der Waals surface area contributed by atoms with Gasteiger partial charge in [0.2, 0.25) is 0 Å². The number of ether oxygens (including phenoxy) is 1. The Morgan fingerprint density at radius 3 is 2.29 bits per heavy atom. The highest BCUT2D eigenvalue weighted by atomic mass is 16.5. The largest absolute Gasteiger partial charge is 0.496 e. The highest BCUT2D eigenvalue weighted by Crippen LogP contribution is 2.35. The van der Waals surface area contributed by atoms with Crippen molar-refractivity contribution in [2.24, 2.45) is 5.73 Å². The Morgan fingerprint density at radius 2 is 1.71 bits per heavy atom. The lowest BCUT2D eigenvalue weighted by molar-refractivity contribution is 0.410. The lowest BCUT2D eigenvalue weighted by Crippen LogP contribution is -2.20. The van der Waals surface area contributed by atoms with E-state index in [1.807, 2.05) is 6.07 Å². The molecule has 0 heterocycles. The fourth-order valence-electron chi connectivity index (χ4n) is 3.01. The molecule has 0 radical (unpaired) electrons. The molecule has 0 amide bonds. The van der Waals surface area contributed by atoms with Gasteiger partial charge < -0.3 is 10.5 Å². The Bertz CT molecular complexity index is 592. The minimum Gasteiger partial charge on any atom is -0.496 e. The SMILES string of the molecule is CCC(c1ccccc1)C(N)c1cc(C)c(OC)cc1C. The second-order valence-corrected chi connectivity index (χ2v) is 5.63. The molecule has 0 fully saturated rings. The van der Waals surface area contributed by atoms with Gasteiger partial charge in [0.25, 0.3) is 0 Å². The molecule has 0 aliphatic carbocycles. The van der Waals surface area contributed by atoms with Crippen molar-refractivity contribution < 1.29 is 4.74 Å². The fourth-order valence-corrected chi connectivity index (χ4v) is 3.01. The van der Waals surface area contributed by atoms with Crippen LogP contribution in [0.25, 0.3) is 0 Å². The molecule has 21 heavy (non-hydrogen) atoms. The van der Waals surface area contributed by atoms with Crippen molar-refractivity contribution in [2.75, 3.05) is 7.11 Å². The number of hydrogen-bond donors (Lipinski definition) is 1. The molecule has 2 rings (SSSR count). The van der Waals surface area contributed by atoms with E-state index in [2.05, 4.69) is 57.2 Å². The van der Waals surface area contributed by atoms with E-state index >= 15 is 0 Å². The molecule has 0 spiro atoms. The zero-order valence-corrected chi connectivity index (χ0v) is 13.4. The molecule has 0 aromatic heterocycles. The first-order valence-electron chi connectivity index (χ1n) is 7.54. The molecule has 2 unspecified atom stereocenters. The quantitative estimate of drug-likeness (QED) is 0.876. The maximum Gasteiger partial charge on any atom is 0.122 e. The van der Waals surface area contributed by atoms with Gasteiger partial charge >= 0.3 is 0 Å². The monoisotopic (exact) mass is 283 g/mol. The highest BCUT2D eigenvalue weighted by Gasteiger charge is 2.21. The summed E-state index contributed by atoms with van der Waals surface area (Å²) in [7, 11) is 1.71. The van der Waals surface area contributed by atoms with Gasteiger partial charge in [0.1, 0.15) is 5.75 Å². The van der Waals surface area contributed by atoms with Crippen LogP contribution in [-0.4, -0.2) is 7.11 Å². The second-order valence-electron chi connectivity index (χ2n) is 5.63. The molecule has 2 atom stereocenters. The van der Waals surface area contributed by atoms with Crippen LogP contribution in [0.5, 0.6) is 5.75 Å². The number of methoxy groups -OCH3 is 1. The molecule has 0 saturated heterocycles. The molecule has 0 aliphatic rings. The zero-order chi connectivity index (χ0) is 15.4. The number of rotatable bonds is 5. The summed E-state index contributed by atoms with van der Waals surface area (Å²) in [6, 6.07) is 14.8. The van der Waals surface area contributed by atoms with E-state index in [1.54, 1.807) is 7.11 Å². The van der Waals surface area contributed by atoms with E-state index in [4.69, 9.17) is 10.5 Å². The van der Waals surface area contributed by atoms with Crippen LogP contribution in [0.2, 0.25) is 0 Å². The van der Waals surface area contributed by atoms with E-state index in [1.165, 1.54) is 16.7 Å². The average molecular weight is 283 g/mol. The van der Waals surface area contributed by atoms with Crippen LogP contribution in [0.15, 0.2) is 42.5 Å². The van der Waals surface area contributed by atoms with Gasteiger partial charge in [0.05, 0.1) is 7.11 Å². The number of aryl methyl sites for hydroxylation is 2. The van der Waals surface area contributed by atoms with E-state index in [9.17, 15) is 0 Å². The van der Waals surface area contributed by atoms with Gasteiger partial charge in [-0.1, -0.05) is 43.3 Å². The summed E-state index contributed by atoms with van der Waals surface area (Å²) >= 11 is 0. The molecule has 0 aliphatic heterocycles. The molecule has 2 aromatic rings. The lowest BCUT2D eigenvalue weighted by Gasteiger charge is -2.26. The second kappa shape index (κ2) is 6.77. The third-order valence-electron chi connectivity index (χ3n) is 4.24. The van der Waals surface area contributed by atoms with Crippen LogP contribution in [-0.2, 0) is 0 Å². The molecule has 2 nitrogen and oxygen atoms in total. The van der Waals surface area contributed by atoms with E-state index in [0.717, 1.165) is 17.7 Å². The number of benzene rings is 2. The summed E-state index contributed by atoms with van der Waals surface area (Å²) in [5, 5.41) is 0. The molecule has 0 saturated carbocycles. The Labute approximate surface area is 127 Å². The molecule has 2 N–H and O–H groups in total. The van der Waals surface area contributed by atoms with Gasteiger partial charge in [-0.25, -0.2) is 0 Å². The Kier molecular flexibility index (Phi) is 5.03. The number of hydrogen-bond acceptors (Lipinski definition) is 2. The van der Waals surface area contributed by atoms with E-state index in [0.29, 0.717) is 5.92 Å². The van der Waals surface area contributed by atoms with Gasteiger partial charge in [-0.15, -0.1) is 0 Å². The van der Waals surface area contributed by atoms with Crippen molar-refractivity contribution in [3.8, 4) is 5.75 Å². The summed E-state index contributed by atoms with van der Waals surface area (Å²) < 4.78 is 5.39. The summed E-state index contributed by atoms with van der Waals surface area (Å²) in [5.74, 6) is 1.26. The Morgan fingerprint density at radius 1 is 1.05 bits per heavy atom. The van der Waals surface area contributed by atoms with Crippen molar-refractivity contribution in [1.82, 2.24) is 0 Å². The van der Waals surface area contributed by atoms with Gasteiger partial charge in [-0.2, -0.15) is 0 Å². The maximum atomic E-state index is 6.60. The first-order valence-corrected chi connectivity index (χ1v) is 7.54. The van der Waals surface area contributed by atoms with Crippen LogP contribution < -0.4 is 10.5 Å². The van der Waals surface area contributed by atoms with Crippen molar-refractivity contribution >= 4 is 0 Å². The van der Waals surface area contributed by atoms with Crippen molar-refractivity contribution in [3.05, 3.63) is 64.7 Å². The van der Waals surface area contributed by atoms with Crippen molar-refractivity contribution in [3.63, 3.8) is 0 Å². The minimum absolute atomic E-state index is 0.00186. The maximum absolute atomic E-state index is 6.60. The molecule has 2 aromatic carbocycles. The Balaban J connectivity index is 2.38.